The first-order valence-electron chi connectivity index (χ1n) is 9.12. The zero-order chi connectivity index (χ0) is 14.9. The fourth-order valence-electron chi connectivity index (χ4n) is 4.21. The van der Waals surface area contributed by atoms with Crippen LogP contribution in [0.15, 0.2) is 16.9 Å². The van der Waals surface area contributed by atoms with Crippen molar-refractivity contribution in [2.75, 3.05) is 13.1 Å². The summed E-state index contributed by atoms with van der Waals surface area (Å²) in [6, 6.07) is 4.49. The monoisotopic (exact) mass is 301 g/mol. The van der Waals surface area contributed by atoms with Crippen LogP contribution in [0.25, 0.3) is 0 Å². The summed E-state index contributed by atoms with van der Waals surface area (Å²) in [7, 11) is 0. The van der Waals surface area contributed by atoms with Crippen molar-refractivity contribution >= 4 is 0 Å². The average molecular weight is 301 g/mol. The molecule has 0 atom stereocenters. The topological polar surface area (TPSA) is 38.1 Å². The third-order valence-corrected chi connectivity index (χ3v) is 5.80. The van der Waals surface area contributed by atoms with E-state index in [4.69, 9.17) is 0 Å². The molecule has 1 aromatic rings. The first-order chi connectivity index (χ1) is 10.8. The molecule has 2 saturated carbocycles. The zero-order valence-corrected chi connectivity index (χ0v) is 13.4. The second-order valence-electron chi connectivity index (χ2n) is 7.47. The number of aromatic nitrogens is 2. The lowest BCUT2D eigenvalue weighted by atomic mass is 9.95. The highest BCUT2D eigenvalue weighted by Gasteiger charge is 2.28. The third-order valence-electron chi connectivity index (χ3n) is 5.80. The first kappa shape index (κ1) is 14.4. The van der Waals surface area contributed by atoms with Crippen LogP contribution < -0.4 is 5.56 Å². The van der Waals surface area contributed by atoms with Crippen molar-refractivity contribution in [1.29, 1.82) is 0 Å². The van der Waals surface area contributed by atoms with Crippen molar-refractivity contribution in [3.8, 4) is 0 Å². The van der Waals surface area contributed by atoms with Gasteiger partial charge in [-0.3, -0.25) is 4.79 Å². The van der Waals surface area contributed by atoms with Gasteiger partial charge in [0.05, 0.1) is 5.69 Å². The lowest BCUT2D eigenvalue weighted by molar-refractivity contribution is 0.125. The molecular formula is C18H27N3O. The molecule has 4 rings (SSSR count). The van der Waals surface area contributed by atoms with E-state index in [9.17, 15) is 4.79 Å². The van der Waals surface area contributed by atoms with E-state index in [1.54, 1.807) is 10.7 Å². The molecule has 0 radical (unpaired) electrons. The molecule has 2 heterocycles. The molecule has 0 unspecified atom stereocenters. The van der Waals surface area contributed by atoms with Crippen molar-refractivity contribution in [3.05, 3.63) is 28.2 Å². The van der Waals surface area contributed by atoms with E-state index < -0.39 is 0 Å². The summed E-state index contributed by atoms with van der Waals surface area (Å²) in [5.74, 6) is 1.24. The van der Waals surface area contributed by atoms with Crippen LogP contribution in [0.2, 0.25) is 0 Å². The number of hydrogen-bond acceptors (Lipinski definition) is 3. The van der Waals surface area contributed by atoms with Gasteiger partial charge in [-0.1, -0.05) is 12.8 Å². The number of hydrogen-bond donors (Lipinski definition) is 0. The summed E-state index contributed by atoms with van der Waals surface area (Å²) in [5, 5.41) is 4.62. The molecule has 1 aliphatic heterocycles. The second-order valence-corrected chi connectivity index (χ2v) is 7.47. The van der Waals surface area contributed by atoms with Crippen molar-refractivity contribution in [3.63, 3.8) is 0 Å². The van der Waals surface area contributed by atoms with Crippen LogP contribution >= 0.6 is 0 Å². The molecule has 0 spiro atoms. The maximum Gasteiger partial charge on any atom is 0.266 e. The van der Waals surface area contributed by atoms with Crippen LogP contribution in [0.3, 0.4) is 0 Å². The minimum atomic E-state index is 0.0719. The molecule has 4 heteroatoms. The van der Waals surface area contributed by atoms with Gasteiger partial charge in [-0.15, -0.1) is 0 Å². The minimum Gasteiger partial charge on any atom is -0.300 e. The summed E-state index contributed by atoms with van der Waals surface area (Å²) in [6.45, 7) is 3.25. The summed E-state index contributed by atoms with van der Waals surface area (Å²) in [6.07, 6.45) is 10.5. The van der Waals surface area contributed by atoms with Crippen LogP contribution in [0, 0.1) is 5.92 Å². The number of piperidine rings is 1. The standard InChI is InChI=1S/C18H27N3O/c22-18-8-7-17(15-5-6-15)19-21(18)13-14-9-11-20(12-10-14)16-3-1-2-4-16/h7-8,14-16H,1-6,9-13H2. The Hall–Kier alpha value is -1.16. The van der Waals surface area contributed by atoms with Gasteiger partial charge in [0, 0.05) is 24.6 Å². The van der Waals surface area contributed by atoms with E-state index in [1.165, 1.54) is 64.5 Å². The molecular weight excluding hydrogens is 274 g/mol. The van der Waals surface area contributed by atoms with Crippen LogP contribution in [-0.2, 0) is 6.54 Å². The van der Waals surface area contributed by atoms with Gasteiger partial charge >= 0.3 is 0 Å². The highest BCUT2D eigenvalue weighted by molar-refractivity contribution is 5.12. The zero-order valence-electron chi connectivity index (χ0n) is 13.4. The van der Waals surface area contributed by atoms with Crippen molar-refractivity contribution in [2.24, 2.45) is 5.92 Å². The lowest BCUT2D eigenvalue weighted by Crippen LogP contribution is -2.41. The van der Waals surface area contributed by atoms with E-state index in [1.807, 2.05) is 6.07 Å². The van der Waals surface area contributed by atoms with E-state index in [0.29, 0.717) is 11.8 Å². The van der Waals surface area contributed by atoms with Crippen LogP contribution in [0.1, 0.15) is 63.0 Å². The van der Waals surface area contributed by atoms with E-state index in [-0.39, 0.29) is 5.56 Å². The molecule has 0 aromatic carbocycles. The fourth-order valence-corrected chi connectivity index (χ4v) is 4.21. The summed E-state index contributed by atoms with van der Waals surface area (Å²) in [5.41, 5.74) is 1.20. The summed E-state index contributed by atoms with van der Waals surface area (Å²) in [4.78, 5) is 14.7. The Morgan fingerprint density at radius 3 is 2.41 bits per heavy atom. The third kappa shape index (κ3) is 3.12. The van der Waals surface area contributed by atoms with Gasteiger partial charge in [-0.2, -0.15) is 5.10 Å². The fraction of sp³-hybridized carbons (Fsp3) is 0.778. The number of likely N-dealkylation sites (tertiary alicyclic amines) is 1. The number of nitrogens with zero attached hydrogens (tertiary/aromatic N) is 3. The van der Waals surface area contributed by atoms with Crippen molar-refractivity contribution in [2.45, 2.75) is 69.9 Å². The summed E-state index contributed by atoms with van der Waals surface area (Å²) >= 11 is 0. The van der Waals surface area contributed by atoms with Crippen molar-refractivity contribution < 1.29 is 0 Å². The SMILES string of the molecule is O=c1ccc(C2CC2)nn1CC1CCN(C2CCCC2)CC1. The molecule has 2 aliphatic carbocycles. The normalized spacial score (nSPS) is 24.9. The van der Waals surface area contributed by atoms with Gasteiger partial charge in [0.25, 0.3) is 5.56 Å². The Kier molecular flexibility index (Phi) is 4.03. The predicted octanol–water partition coefficient (Wildman–Crippen LogP) is 2.78. The highest BCUT2D eigenvalue weighted by atomic mass is 16.1. The lowest BCUT2D eigenvalue weighted by Gasteiger charge is -2.36. The molecule has 4 nitrogen and oxygen atoms in total. The molecule has 1 saturated heterocycles. The smallest absolute Gasteiger partial charge is 0.266 e. The second kappa shape index (κ2) is 6.15. The first-order valence-corrected chi connectivity index (χ1v) is 9.12. The number of rotatable bonds is 4. The maximum atomic E-state index is 12.1. The van der Waals surface area contributed by atoms with Gasteiger partial charge in [0.1, 0.15) is 0 Å². The van der Waals surface area contributed by atoms with Gasteiger partial charge in [-0.05, 0) is 63.6 Å². The minimum absolute atomic E-state index is 0.0719. The predicted molar refractivity (Wildman–Crippen MR) is 87.0 cm³/mol. The van der Waals surface area contributed by atoms with Gasteiger partial charge in [0.2, 0.25) is 0 Å². The Labute approximate surface area is 132 Å². The van der Waals surface area contributed by atoms with Gasteiger partial charge in [-0.25, -0.2) is 4.68 Å². The molecule has 120 valence electrons. The van der Waals surface area contributed by atoms with Gasteiger partial charge in [0.15, 0.2) is 0 Å². The molecule has 1 aromatic heterocycles. The molecule has 3 aliphatic rings. The Morgan fingerprint density at radius 2 is 1.73 bits per heavy atom. The Morgan fingerprint density at radius 1 is 1.00 bits per heavy atom. The largest absolute Gasteiger partial charge is 0.300 e. The van der Waals surface area contributed by atoms with Crippen LogP contribution in [0.5, 0.6) is 0 Å². The van der Waals surface area contributed by atoms with E-state index >= 15 is 0 Å². The average Bonchev–Trinajstić information content (AvgIpc) is 3.25. The summed E-state index contributed by atoms with van der Waals surface area (Å²) < 4.78 is 1.74. The Bertz CT molecular complexity index is 564. The maximum absolute atomic E-state index is 12.1. The van der Waals surface area contributed by atoms with Gasteiger partial charge < -0.3 is 4.90 Å². The highest BCUT2D eigenvalue weighted by Crippen LogP contribution is 2.38. The Balaban J connectivity index is 1.36. The van der Waals surface area contributed by atoms with Crippen LogP contribution in [0.4, 0.5) is 0 Å². The molecule has 0 bridgehead atoms. The van der Waals surface area contributed by atoms with Crippen LogP contribution in [-0.4, -0.2) is 33.8 Å². The quantitative estimate of drug-likeness (QED) is 0.858. The molecule has 0 N–H and O–H groups in total. The molecule has 0 amide bonds. The molecule has 3 fully saturated rings. The van der Waals surface area contributed by atoms with Crippen molar-refractivity contribution in [1.82, 2.24) is 14.7 Å². The van der Waals surface area contributed by atoms with E-state index in [0.717, 1.165) is 18.3 Å². The van der Waals surface area contributed by atoms with E-state index in [2.05, 4.69) is 10.00 Å². The molecule has 22 heavy (non-hydrogen) atoms.